The molecule has 2 unspecified atom stereocenters. The van der Waals surface area contributed by atoms with Gasteiger partial charge in [-0.2, -0.15) is 0 Å². The van der Waals surface area contributed by atoms with Gasteiger partial charge in [0.25, 0.3) is 0 Å². The summed E-state index contributed by atoms with van der Waals surface area (Å²) in [4.78, 5) is 0. The van der Waals surface area contributed by atoms with E-state index in [-0.39, 0.29) is 5.60 Å². The molecule has 0 aromatic heterocycles. The van der Waals surface area contributed by atoms with Crippen LogP contribution in [0, 0.1) is 0 Å². The van der Waals surface area contributed by atoms with E-state index < -0.39 is 0 Å². The largest absolute Gasteiger partial charge is 0.497 e. The van der Waals surface area contributed by atoms with Crippen molar-refractivity contribution in [2.75, 3.05) is 13.7 Å². The molecule has 0 radical (unpaired) electrons. The quantitative estimate of drug-likeness (QED) is 0.885. The fraction of sp³-hybridized carbons (Fsp3) is 0.625. The molecular formula is C16H25NO2. The average Bonchev–Trinajstić information content (AvgIpc) is 2.45. The van der Waals surface area contributed by atoms with Crippen molar-refractivity contribution in [1.29, 1.82) is 0 Å². The summed E-state index contributed by atoms with van der Waals surface area (Å²) >= 11 is 0. The molecule has 19 heavy (non-hydrogen) atoms. The summed E-state index contributed by atoms with van der Waals surface area (Å²) in [5, 5.41) is 3.64. The minimum absolute atomic E-state index is 0.0459. The van der Waals surface area contributed by atoms with E-state index in [4.69, 9.17) is 9.47 Å². The predicted molar refractivity (Wildman–Crippen MR) is 77.5 cm³/mol. The molecule has 1 aromatic carbocycles. The van der Waals surface area contributed by atoms with E-state index >= 15 is 0 Å². The van der Waals surface area contributed by atoms with Gasteiger partial charge in [-0.25, -0.2) is 0 Å². The summed E-state index contributed by atoms with van der Waals surface area (Å²) in [7, 11) is 1.71. The summed E-state index contributed by atoms with van der Waals surface area (Å²) in [5.41, 5.74) is 1.31. The molecule has 106 valence electrons. The molecule has 2 rings (SSSR count). The first-order valence-electron chi connectivity index (χ1n) is 7.15. The molecule has 2 atom stereocenters. The van der Waals surface area contributed by atoms with Gasteiger partial charge in [0.1, 0.15) is 5.75 Å². The third-order valence-electron chi connectivity index (χ3n) is 4.07. The Morgan fingerprint density at radius 3 is 3.05 bits per heavy atom. The molecule has 0 saturated carbocycles. The van der Waals surface area contributed by atoms with E-state index in [0.717, 1.165) is 38.2 Å². The minimum Gasteiger partial charge on any atom is -0.497 e. The van der Waals surface area contributed by atoms with Gasteiger partial charge in [-0.1, -0.05) is 19.1 Å². The zero-order valence-corrected chi connectivity index (χ0v) is 12.2. The van der Waals surface area contributed by atoms with Gasteiger partial charge in [0.2, 0.25) is 0 Å². The van der Waals surface area contributed by atoms with Crippen LogP contribution >= 0.6 is 0 Å². The molecule has 1 aromatic rings. The van der Waals surface area contributed by atoms with E-state index in [9.17, 15) is 0 Å². The Morgan fingerprint density at radius 2 is 2.32 bits per heavy atom. The van der Waals surface area contributed by atoms with Crippen LogP contribution < -0.4 is 10.1 Å². The lowest BCUT2D eigenvalue weighted by Crippen LogP contribution is -2.44. The van der Waals surface area contributed by atoms with Crippen molar-refractivity contribution in [3.8, 4) is 5.75 Å². The molecule has 1 aliphatic heterocycles. The predicted octanol–water partition coefficient (Wildman–Crippen LogP) is 3.13. The van der Waals surface area contributed by atoms with Crippen LogP contribution in [0.25, 0.3) is 0 Å². The van der Waals surface area contributed by atoms with Gasteiger partial charge >= 0.3 is 0 Å². The first-order chi connectivity index (χ1) is 9.15. The minimum atomic E-state index is 0.0459. The SMILES string of the molecule is CCC1(C)CC(NCc2cccc(OC)c2)CCO1. The molecule has 3 heteroatoms. The molecule has 1 heterocycles. The second kappa shape index (κ2) is 6.40. The molecule has 1 saturated heterocycles. The van der Waals surface area contributed by atoms with Gasteiger partial charge in [0.05, 0.1) is 12.7 Å². The van der Waals surface area contributed by atoms with Crippen molar-refractivity contribution in [1.82, 2.24) is 5.32 Å². The molecular weight excluding hydrogens is 238 g/mol. The molecule has 0 amide bonds. The first-order valence-corrected chi connectivity index (χ1v) is 7.15. The lowest BCUT2D eigenvalue weighted by molar-refractivity contribution is -0.0781. The number of nitrogens with one attached hydrogen (secondary N) is 1. The highest BCUT2D eigenvalue weighted by molar-refractivity contribution is 5.28. The van der Waals surface area contributed by atoms with Gasteiger partial charge in [-0.15, -0.1) is 0 Å². The number of hydrogen-bond acceptors (Lipinski definition) is 3. The lowest BCUT2D eigenvalue weighted by atomic mass is 9.90. The van der Waals surface area contributed by atoms with Gasteiger partial charge in [0.15, 0.2) is 0 Å². The highest BCUT2D eigenvalue weighted by Crippen LogP contribution is 2.27. The van der Waals surface area contributed by atoms with Crippen molar-refractivity contribution in [3.63, 3.8) is 0 Å². The highest BCUT2D eigenvalue weighted by atomic mass is 16.5. The number of benzene rings is 1. The van der Waals surface area contributed by atoms with Crippen LogP contribution in [0.3, 0.4) is 0 Å². The van der Waals surface area contributed by atoms with E-state index in [1.54, 1.807) is 7.11 Å². The molecule has 1 aliphatic rings. The fourth-order valence-corrected chi connectivity index (χ4v) is 2.60. The van der Waals surface area contributed by atoms with Gasteiger partial charge < -0.3 is 14.8 Å². The zero-order chi connectivity index (χ0) is 13.7. The van der Waals surface area contributed by atoms with E-state index in [1.807, 2.05) is 12.1 Å². The van der Waals surface area contributed by atoms with Crippen molar-refractivity contribution < 1.29 is 9.47 Å². The third kappa shape index (κ3) is 3.95. The molecule has 0 aliphatic carbocycles. The maximum absolute atomic E-state index is 5.87. The van der Waals surface area contributed by atoms with Crippen LogP contribution in [0.4, 0.5) is 0 Å². The fourth-order valence-electron chi connectivity index (χ4n) is 2.60. The third-order valence-corrected chi connectivity index (χ3v) is 4.07. The normalized spacial score (nSPS) is 27.2. The van der Waals surface area contributed by atoms with Crippen LogP contribution in [0.2, 0.25) is 0 Å². The monoisotopic (exact) mass is 263 g/mol. The number of hydrogen-bond donors (Lipinski definition) is 1. The molecule has 3 nitrogen and oxygen atoms in total. The average molecular weight is 263 g/mol. The maximum atomic E-state index is 5.87. The number of methoxy groups -OCH3 is 1. The summed E-state index contributed by atoms with van der Waals surface area (Å²) < 4.78 is 11.1. The molecule has 1 fully saturated rings. The zero-order valence-electron chi connectivity index (χ0n) is 12.2. The Hall–Kier alpha value is -1.06. The molecule has 1 N–H and O–H groups in total. The van der Waals surface area contributed by atoms with Crippen molar-refractivity contribution >= 4 is 0 Å². The Bertz CT molecular complexity index is 407. The van der Waals surface area contributed by atoms with Crippen molar-refractivity contribution in [2.45, 2.75) is 51.3 Å². The van der Waals surface area contributed by atoms with Crippen molar-refractivity contribution in [3.05, 3.63) is 29.8 Å². The van der Waals surface area contributed by atoms with Crippen LogP contribution in [0.1, 0.15) is 38.7 Å². The smallest absolute Gasteiger partial charge is 0.119 e. The Morgan fingerprint density at radius 1 is 1.47 bits per heavy atom. The summed E-state index contributed by atoms with van der Waals surface area (Å²) in [6.07, 6.45) is 3.26. The first kappa shape index (κ1) is 14.4. The molecule has 0 spiro atoms. The van der Waals surface area contributed by atoms with Crippen LogP contribution in [-0.2, 0) is 11.3 Å². The highest BCUT2D eigenvalue weighted by Gasteiger charge is 2.31. The summed E-state index contributed by atoms with van der Waals surface area (Å²) in [6, 6.07) is 8.78. The Labute approximate surface area is 116 Å². The van der Waals surface area contributed by atoms with E-state index in [1.165, 1.54) is 5.56 Å². The standard InChI is InChI=1S/C16H25NO2/c1-4-16(2)11-14(8-9-19-16)17-12-13-6-5-7-15(10-13)18-3/h5-7,10,14,17H,4,8-9,11-12H2,1-3H3. The van der Waals surface area contributed by atoms with Gasteiger partial charge in [-0.3, -0.25) is 0 Å². The van der Waals surface area contributed by atoms with Crippen molar-refractivity contribution in [2.24, 2.45) is 0 Å². The molecule has 0 bridgehead atoms. The Balaban J connectivity index is 1.87. The van der Waals surface area contributed by atoms with Crippen LogP contribution in [0.15, 0.2) is 24.3 Å². The van der Waals surface area contributed by atoms with E-state index in [0.29, 0.717) is 6.04 Å². The number of ether oxygens (including phenoxy) is 2. The van der Waals surface area contributed by atoms with Gasteiger partial charge in [-0.05, 0) is 43.9 Å². The number of rotatable bonds is 5. The second-order valence-corrected chi connectivity index (χ2v) is 5.57. The topological polar surface area (TPSA) is 30.5 Å². The van der Waals surface area contributed by atoms with E-state index in [2.05, 4.69) is 31.3 Å². The van der Waals surface area contributed by atoms with Crippen LogP contribution in [0.5, 0.6) is 5.75 Å². The summed E-state index contributed by atoms with van der Waals surface area (Å²) in [5.74, 6) is 0.921. The van der Waals surface area contributed by atoms with Crippen LogP contribution in [-0.4, -0.2) is 25.4 Å². The second-order valence-electron chi connectivity index (χ2n) is 5.57. The maximum Gasteiger partial charge on any atom is 0.119 e. The lowest BCUT2D eigenvalue weighted by Gasteiger charge is -2.38. The Kier molecular flexibility index (Phi) is 4.83. The summed E-state index contributed by atoms with van der Waals surface area (Å²) in [6.45, 7) is 6.17. The van der Waals surface area contributed by atoms with Gasteiger partial charge in [0, 0.05) is 19.2 Å².